The summed E-state index contributed by atoms with van der Waals surface area (Å²) < 4.78 is 7.31. The number of piperazine rings is 1. The van der Waals surface area contributed by atoms with Crippen LogP contribution >= 0.6 is 0 Å². The van der Waals surface area contributed by atoms with Crippen molar-refractivity contribution in [2.75, 3.05) is 39.4 Å². The van der Waals surface area contributed by atoms with Gasteiger partial charge in [-0.3, -0.25) is 9.69 Å². The van der Waals surface area contributed by atoms with Gasteiger partial charge in [-0.2, -0.15) is 0 Å². The number of amides is 1. The van der Waals surface area contributed by atoms with Crippen LogP contribution in [0.25, 0.3) is 5.65 Å². The Morgan fingerprint density at radius 2 is 2.26 bits per heavy atom. The summed E-state index contributed by atoms with van der Waals surface area (Å²) in [4.78, 5) is 21.3. The molecule has 1 aliphatic heterocycles. The van der Waals surface area contributed by atoms with E-state index in [0.717, 1.165) is 45.0 Å². The van der Waals surface area contributed by atoms with E-state index in [1.807, 2.05) is 40.8 Å². The Balaban J connectivity index is 1.62. The molecule has 1 aliphatic rings. The highest BCUT2D eigenvalue weighted by molar-refractivity contribution is 5.94. The lowest BCUT2D eigenvalue weighted by atomic mass is 10.1. The summed E-state index contributed by atoms with van der Waals surface area (Å²) in [5.41, 5.74) is 1.57. The minimum Gasteiger partial charge on any atom is -0.380 e. The predicted molar refractivity (Wildman–Crippen MR) is 88.6 cm³/mol. The number of hydrogen-bond donors (Lipinski definition) is 0. The zero-order valence-electron chi connectivity index (χ0n) is 13.8. The van der Waals surface area contributed by atoms with E-state index < -0.39 is 0 Å². The van der Waals surface area contributed by atoms with Crippen LogP contribution in [0.1, 0.15) is 24.2 Å². The second-order valence-electron chi connectivity index (χ2n) is 5.94. The second-order valence-corrected chi connectivity index (χ2v) is 5.94. The molecule has 1 amide bonds. The fourth-order valence-corrected chi connectivity index (χ4v) is 3.07. The first-order valence-corrected chi connectivity index (χ1v) is 8.23. The van der Waals surface area contributed by atoms with E-state index in [2.05, 4.69) is 16.8 Å². The van der Waals surface area contributed by atoms with Crippen molar-refractivity contribution >= 4 is 11.6 Å². The number of carbonyl (C=O) groups is 1. The monoisotopic (exact) mass is 316 g/mol. The van der Waals surface area contributed by atoms with Crippen LogP contribution in [0.2, 0.25) is 0 Å². The third-order valence-electron chi connectivity index (χ3n) is 4.41. The van der Waals surface area contributed by atoms with E-state index in [0.29, 0.717) is 11.6 Å². The molecule has 0 spiro atoms. The number of pyridine rings is 1. The quantitative estimate of drug-likeness (QED) is 0.785. The zero-order chi connectivity index (χ0) is 16.2. The molecule has 0 bridgehead atoms. The maximum atomic E-state index is 12.7. The summed E-state index contributed by atoms with van der Waals surface area (Å²) in [5, 5.41) is 0. The van der Waals surface area contributed by atoms with Crippen LogP contribution in [0.3, 0.4) is 0 Å². The third-order valence-corrected chi connectivity index (χ3v) is 4.41. The first-order chi connectivity index (χ1) is 11.2. The van der Waals surface area contributed by atoms with Crippen LogP contribution in [0, 0.1) is 0 Å². The van der Waals surface area contributed by atoms with Crippen molar-refractivity contribution < 1.29 is 9.53 Å². The minimum absolute atomic E-state index is 0.0944. The van der Waals surface area contributed by atoms with Gasteiger partial charge in [-0.25, -0.2) is 4.98 Å². The van der Waals surface area contributed by atoms with Crippen LogP contribution in [0.5, 0.6) is 0 Å². The number of nitrogens with zero attached hydrogens (tertiary/aromatic N) is 4. The Morgan fingerprint density at radius 3 is 3.04 bits per heavy atom. The average Bonchev–Trinajstić information content (AvgIpc) is 3.03. The number of rotatable bonds is 5. The lowest BCUT2D eigenvalue weighted by Crippen LogP contribution is -2.54. The first kappa shape index (κ1) is 16.0. The number of ether oxygens (including phenoxy) is 1. The van der Waals surface area contributed by atoms with Crippen LogP contribution in [0.15, 0.2) is 30.7 Å². The van der Waals surface area contributed by atoms with Gasteiger partial charge in [0.05, 0.1) is 12.2 Å². The summed E-state index contributed by atoms with van der Waals surface area (Å²) in [6, 6.07) is 4.09. The number of hydrogen-bond acceptors (Lipinski definition) is 4. The van der Waals surface area contributed by atoms with Gasteiger partial charge in [0.2, 0.25) is 0 Å². The molecule has 0 aliphatic carbocycles. The molecule has 1 saturated heterocycles. The normalized spacial score (nSPS) is 19.4. The molecule has 1 atom stereocenters. The van der Waals surface area contributed by atoms with Crippen molar-refractivity contribution in [2.45, 2.75) is 19.9 Å². The lowest BCUT2D eigenvalue weighted by molar-refractivity contribution is 0.0392. The summed E-state index contributed by atoms with van der Waals surface area (Å²) in [6.07, 6.45) is 5.46. The molecule has 124 valence electrons. The molecule has 0 saturated carbocycles. The van der Waals surface area contributed by atoms with E-state index in [4.69, 9.17) is 4.74 Å². The summed E-state index contributed by atoms with van der Waals surface area (Å²) in [7, 11) is 0. The molecule has 6 heteroatoms. The van der Waals surface area contributed by atoms with Crippen molar-refractivity contribution in [3.63, 3.8) is 0 Å². The van der Waals surface area contributed by atoms with Crippen molar-refractivity contribution in [2.24, 2.45) is 0 Å². The van der Waals surface area contributed by atoms with Gasteiger partial charge in [0.25, 0.3) is 5.91 Å². The van der Waals surface area contributed by atoms with Gasteiger partial charge >= 0.3 is 0 Å². The van der Waals surface area contributed by atoms with Crippen molar-refractivity contribution in [1.82, 2.24) is 19.2 Å². The fraction of sp³-hybridized carbons (Fsp3) is 0.529. The van der Waals surface area contributed by atoms with Crippen LogP contribution in [-0.4, -0.2) is 70.5 Å². The maximum absolute atomic E-state index is 12.7. The predicted octanol–water partition coefficient (Wildman–Crippen LogP) is 1.52. The van der Waals surface area contributed by atoms with Gasteiger partial charge in [0.15, 0.2) is 0 Å². The van der Waals surface area contributed by atoms with E-state index in [9.17, 15) is 4.79 Å². The topological polar surface area (TPSA) is 50.1 Å². The Labute approximate surface area is 136 Å². The van der Waals surface area contributed by atoms with Gasteiger partial charge in [-0.1, -0.05) is 0 Å². The van der Waals surface area contributed by atoms with E-state index >= 15 is 0 Å². The molecule has 0 N–H and O–H groups in total. The third kappa shape index (κ3) is 3.54. The molecule has 6 nitrogen and oxygen atoms in total. The Hall–Kier alpha value is -1.92. The van der Waals surface area contributed by atoms with Crippen molar-refractivity contribution in [1.29, 1.82) is 0 Å². The zero-order valence-corrected chi connectivity index (χ0v) is 13.8. The van der Waals surface area contributed by atoms with E-state index in [-0.39, 0.29) is 5.91 Å². The molecular formula is C17H24N4O2. The summed E-state index contributed by atoms with van der Waals surface area (Å²) >= 11 is 0. The Bertz CT molecular complexity index is 669. The molecule has 2 aromatic rings. The first-order valence-electron chi connectivity index (χ1n) is 8.23. The van der Waals surface area contributed by atoms with Gasteiger partial charge in [-0.05, 0) is 26.0 Å². The number of aromatic nitrogens is 2. The standard InChI is InChI=1S/C17H24N4O2/c1-3-23-11-10-19-8-9-21(12-14(19)2)17(22)15-4-5-16-18-6-7-20(16)13-15/h4-7,13-14H,3,8-12H2,1-2H3/t14-/m0/s1. The lowest BCUT2D eigenvalue weighted by Gasteiger charge is -2.39. The molecule has 3 rings (SSSR count). The van der Waals surface area contributed by atoms with Gasteiger partial charge in [0.1, 0.15) is 5.65 Å². The fourth-order valence-electron chi connectivity index (χ4n) is 3.07. The highest BCUT2D eigenvalue weighted by Crippen LogP contribution is 2.14. The molecule has 0 radical (unpaired) electrons. The minimum atomic E-state index is 0.0944. The van der Waals surface area contributed by atoms with Crippen LogP contribution < -0.4 is 0 Å². The van der Waals surface area contributed by atoms with Crippen LogP contribution in [0.4, 0.5) is 0 Å². The summed E-state index contributed by atoms with van der Waals surface area (Å²) in [5.74, 6) is 0.0944. The van der Waals surface area contributed by atoms with Crippen molar-refractivity contribution in [3.8, 4) is 0 Å². The molecule has 1 fully saturated rings. The highest BCUT2D eigenvalue weighted by atomic mass is 16.5. The molecule has 0 unspecified atom stereocenters. The number of carbonyl (C=O) groups excluding carboxylic acids is 1. The number of imidazole rings is 1. The van der Waals surface area contributed by atoms with E-state index in [1.54, 1.807) is 6.20 Å². The SMILES string of the molecule is CCOCCN1CCN(C(=O)c2ccc3nccn3c2)C[C@@H]1C. The maximum Gasteiger partial charge on any atom is 0.255 e. The van der Waals surface area contributed by atoms with Gasteiger partial charge < -0.3 is 14.0 Å². The van der Waals surface area contributed by atoms with E-state index in [1.165, 1.54) is 0 Å². The van der Waals surface area contributed by atoms with Gasteiger partial charge in [0, 0.05) is 57.4 Å². The van der Waals surface area contributed by atoms with Crippen LogP contribution in [-0.2, 0) is 4.74 Å². The molecule has 2 aromatic heterocycles. The smallest absolute Gasteiger partial charge is 0.255 e. The molecule has 0 aromatic carbocycles. The molecule has 3 heterocycles. The second kappa shape index (κ2) is 7.10. The number of fused-ring (bicyclic) bond motifs is 1. The largest absolute Gasteiger partial charge is 0.380 e. The molecule has 23 heavy (non-hydrogen) atoms. The Morgan fingerprint density at radius 1 is 1.39 bits per heavy atom. The average molecular weight is 316 g/mol. The van der Waals surface area contributed by atoms with Gasteiger partial charge in [-0.15, -0.1) is 0 Å². The Kier molecular flexibility index (Phi) is 4.93. The highest BCUT2D eigenvalue weighted by Gasteiger charge is 2.27. The van der Waals surface area contributed by atoms with Crippen molar-refractivity contribution in [3.05, 3.63) is 36.3 Å². The molecular weight excluding hydrogens is 292 g/mol. The summed E-state index contributed by atoms with van der Waals surface area (Å²) in [6.45, 7) is 9.03.